The van der Waals surface area contributed by atoms with E-state index in [1.165, 1.54) is 12.1 Å². The fourth-order valence-corrected chi connectivity index (χ4v) is 1.57. The number of carboxylic acids is 1. The number of aliphatic hydroxyl groups is 2. The fourth-order valence-electron chi connectivity index (χ4n) is 1.22. The third-order valence-corrected chi connectivity index (χ3v) is 2.78. The molecule has 0 aliphatic heterocycles. The van der Waals surface area contributed by atoms with Crippen molar-refractivity contribution in [1.29, 1.82) is 0 Å². The van der Waals surface area contributed by atoms with E-state index in [2.05, 4.69) is 15.9 Å². The lowest BCUT2D eigenvalue weighted by Gasteiger charge is -2.16. The molecule has 0 aromatic heterocycles. The summed E-state index contributed by atoms with van der Waals surface area (Å²) in [5.41, 5.74) is -0.0690. The predicted octanol–water partition coefficient (Wildman–Crippen LogP) is 0.880. The van der Waals surface area contributed by atoms with Crippen LogP contribution in [0.4, 0.5) is 0 Å². The van der Waals surface area contributed by atoms with E-state index in [-0.39, 0.29) is 22.2 Å². The minimum Gasteiger partial charge on any atom is -0.507 e. The van der Waals surface area contributed by atoms with E-state index in [0.717, 1.165) is 6.07 Å². The molecule has 0 saturated heterocycles. The zero-order valence-corrected chi connectivity index (χ0v) is 9.75. The highest BCUT2D eigenvalue weighted by molar-refractivity contribution is 9.09. The maximum atomic E-state index is 10.7. The largest absolute Gasteiger partial charge is 0.507 e. The number of aromatic hydroxyl groups is 1. The highest BCUT2D eigenvalue weighted by atomic mass is 79.9. The molecular formula is C10H11BrO5. The summed E-state index contributed by atoms with van der Waals surface area (Å²) in [4.78, 5) is 10.7. The molecule has 0 fully saturated rings. The molecule has 2 atom stereocenters. The normalized spacial score (nSPS) is 14.4. The van der Waals surface area contributed by atoms with E-state index < -0.39 is 18.2 Å². The van der Waals surface area contributed by atoms with Crippen LogP contribution in [-0.2, 0) is 0 Å². The van der Waals surface area contributed by atoms with Gasteiger partial charge in [-0.3, -0.25) is 0 Å². The molecule has 16 heavy (non-hydrogen) atoms. The Morgan fingerprint density at radius 2 is 2.00 bits per heavy atom. The predicted molar refractivity (Wildman–Crippen MR) is 59.8 cm³/mol. The van der Waals surface area contributed by atoms with Crippen LogP contribution in [0.5, 0.6) is 5.75 Å². The van der Waals surface area contributed by atoms with Crippen LogP contribution in [0.1, 0.15) is 22.0 Å². The summed E-state index contributed by atoms with van der Waals surface area (Å²) >= 11 is 3.00. The van der Waals surface area contributed by atoms with Crippen molar-refractivity contribution in [3.05, 3.63) is 29.3 Å². The maximum Gasteiger partial charge on any atom is 0.339 e. The highest BCUT2D eigenvalue weighted by Gasteiger charge is 2.19. The number of hydrogen-bond donors (Lipinski definition) is 4. The molecule has 4 N–H and O–H groups in total. The Labute approximate surface area is 100 Å². The first-order valence-electron chi connectivity index (χ1n) is 4.45. The van der Waals surface area contributed by atoms with E-state index in [1.807, 2.05) is 0 Å². The number of alkyl halides is 1. The van der Waals surface area contributed by atoms with Crippen LogP contribution in [-0.4, -0.2) is 37.8 Å². The van der Waals surface area contributed by atoms with Crippen molar-refractivity contribution >= 4 is 21.9 Å². The first kappa shape index (κ1) is 13.0. The van der Waals surface area contributed by atoms with Gasteiger partial charge < -0.3 is 20.4 Å². The molecule has 88 valence electrons. The lowest BCUT2D eigenvalue weighted by atomic mass is 10.0. The first-order valence-corrected chi connectivity index (χ1v) is 5.57. The van der Waals surface area contributed by atoms with Crippen molar-refractivity contribution in [1.82, 2.24) is 0 Å². The summed E-state index contributed by atoms with van der Waals surface area (Å²) in [6, 6.07) is 3.66. The van der Waals surface area contributed by atoms with Crippen LogP contribution >= 0.6 is 15.9 Å². The average molecular weight is 291 g/mol. The lowest BCUT2D eigenvalue weighted by molar-refractivity contribution is 0.0341. The van der Waals surface area contributed by atoms with Gasteiger partial charge >= 0.3 is 5.97 Å². The van der Waals surface area contributed by atoms with Crippen molar-refractivity contribution in [3.8, 4) is 5.75 Å². The van der Waals surface area contributed by atoms with Gasteiger partial charge in [0.05, 0.1) is 6.10 Å². The number of rotatable bonds is 4. The van der Waals surface area contributed by atoms with Gasteiger partial charge in [0.1, 0.15) is 17.4 Å². The number of carboxylic acid groups (broad SMARTS) is 1. The summed E-state index contributed by atoms with van der Waals surface area (Å²) in [6.07, 6.45) is -2.23. The number of phenols is 1. The molecular weight excluding hydrogens is 280 g/mol. The van der Waals surface area contributed by atoms with Crippen LogP contribution in [0, 0.1) is 0 Å². The van der Waals surface area contributed by atoms with Gasteiger partial charge in [-0.15, -0.1) is 0 Å². The summed E-state index contributed by atoms with van der Waals surface area (Å²) in [6.45, 7) is 0. The zero-order chi connectivity index (χ0) is 12.3. The van der Waals surface area contributed by atoms with Crippen LogP contribution < -0.4 is 0 Å². The third-order valence-electron chi connectivity index (χ3n) is 2.12. The van der Waals surface area contributed by atoms with Crippen molar-refractivity contribution in [2.45, 2.75) is 12.2 Å². The molecule has 0 amide bonds. The molecule has 1 aromatic carbocycles. The van der Waals surface area contributed by atoms with Crippen molar-refractivity contribution in [2.24, 2.45) is 0 Å². The van der Waals surface area contributed by atoms with Gasteiger partial charge in [0.2, 0.25) is 0 Å². The van der Waals surface area contributed by atoms with Gasteiger partial charge in [0.25, 0.3) is 0 Å². The summed E-state index contributed by atoms with van der Waals surface area (Å²) in [7, 11) is 0. The Morgan fingerprint density at radius 1 is 1.38 bits per heavy atom. The topological polar surface area (TPSA) is 98.0 Å². The summed E-state index contributed by atoms with van der Waals surface area (Å²) in [5, 5.41) is 37.2. The molecule has 0 radical (unpaired) electrons. The number of aromatic carboxylic acids is 1. The van der Waals surface area contributed by atoms with E-state index in [4.69, 9.17) is 5.11 Å². The Morgan fingerprint density at radius 3 is 2.50 bits per heavy atom. The number of halogens is 1. The number of aliphatic hydroxyl groups excluding tert-OH is 2. The maximum absolute atomic E-state index is 10.7. The molecule has 0 saturated carbocycles. The van der Waals surface area contributed by atoms with Gasteiger partial charge in [-0.25, -0.2) is 4.79 Å². The lowest BCUT2D eigenvalue weighted by Crippen LogP contribution is -2.19. The van der Waals surface area contributed by atoms with Crippen molar-refractivity contribution < 1.29 is 25.2 Å². The summed E-state index contributed by atoms with van der Waals surface area (Å²) in [5.74, 6) is -1.67. The van der Waals surface area contributed by atoms with Gasteiger partial charge in [-0.05, 0) is 17.7 Å². The molecule has 0 aliphatic rings. The van der Waals surface area contributed by atoms with Crippen LogP contribution in [0.3, 0.4) is 0 Å². The van der Waals surface area contributed by atoms with Crippen molar-refractivity contribution in [2.75, 3.05) is 5.33 Å². The van der Waals surface area contributed by atoms with Gasteiger partial charge in [-0.1, -0.05) is 22.0 Å². The molecule has 2 unspecified atom stereocenters. The molecule has 5 nitrogen and oxygen atoms in total. The third kappa shape index (κ3) is 2.72. The smallest absolute Gasteiger partial charge is 0.339 e. The fraction of sp³-hybridized carbons (Fsp3) is 0.300. The second kappa shape index (κ2) is 5.29. The van der Waals surface area contributed by atoms with Crippen molar-refractivity contribution in [3.63, 3.8) is 0 Å². The number of benzene rings is 1. The molecule has 6 heteroatoms. The Kier molecular flexibility index (Phi) is 4.28. The summed E-state index contributed by atoms with van der Waals surface area (Å²) < 4.78 is 0. The van der Waals surface area contributed by atoms with E-state index in [1.54, 1.807) is 0 Å². The van der Waals surface area contributed by atoms with E-state index in [0.29, 0.717) is 0 Å². The SMILES string of the molecule is O=C(O)c1cc(C(O)C(O)CBr)ccc1O. The Hall–Kier alpha value is -1.11. The quantitative estimate of drug-likeness (QED) is 0.617. The number of hydrogen-bond acceptors (Lipinski definition) is 4. The van der Waals surface area contributed by atoms with Crippen LogP contribution in [0.2, 0.25) is 0 Å². The van der Waals surface area contributed by atoms with Crippen LogP contribution in [0.15, 0.2) is 18.2 Å². The van der Waals surface area contributed by atoms with Gasteiger partial charge in [0, 0.05) is 5.33 Å². The van der Waals surface area contributed by atoms with Crippen LogP contribution in [0.25, 0.3) is 0 Å². The van der Waals surface area contributed by atoms with Gasteiger partial charge in [-0.2, -0.15) is 0 Å². The standard InChI is InChI=1S/C10H11BrO5/c11-4-8(13)9(14)5-1-2-7(12)6(3-5)10(15)16/h1-3,8-9,12-14H,4H2,(H,15,16). The minimum atomic E-state index is -1.29. The molecule has 0 bridgehead atoms. The molecule has 0 heterocycles. The second-order valence-electron chi connectivity index (χ2n) is 3.25. The molecule has 0 aliphatic carbocycles. The molecule has 1 aromatic rings. The number of carbonyl (C=O) groups is 1. The first-order chi connectivity index (χ1) is 7.47. The highest BCUT2D eigenvalue weighted by Crippen LogP contribution is 2.24. The monoisotopic (exact) mass is 290 g/mol. The van der Waals surface area contributed by atoms with E-state index >= 15 is 0 Å². The Bertz CT molecular complexity index is 393. The van der Waals surface area contributed by atoms with E-state index in [9.17, 15) is 20.1 Å². The van der Waals surface area contributed by atoms with Gasteiger partial charge in [0.15, 0.2) is 0 Å². The Balaban J connectivity index is 3.07. The zero-order valence-electron chi connectivity index (χ0n) is 8.17. The molecule has 1 rings (SSSR count). The second-order valence-corrected chi connectivity index (χ2v) is 3.90. The minimum absolute atomic E-state index is 0.164. The average Bonchev–Trinajstić information content (AvgIpc) is 2.27. The molecule has 0 spiro atoms.